The van der Waals surface area contributed by atoms with E-state index in [1.54, 1.807) is 7.11 Å². The molecule has 2 heteroatoms. The van der Waals surface area contributed by atoms with E-state index in [0.29, 0.717) is 4.75 Å². The van der Waals surface area contributed by atoms with Gasteiger partial charge in [0.1, 0.15) is 0 Å². The third kappa shape index (κ3) is 2.78. The van der Waals surface area contributed by atoms with Gasteiger partial charge in [0.2, 0.25) is 0 Å². The van der Waals surface area contributed by atoms with Crippen LogP contribution in [0.3, 0.4) is 0 Å². The molecular formula is C9H16OS. The SMILES string of the molecule is CO/C=C1/CCSC(C)(C)C1. The number of methoxy groups -OCH3 is 1. The first-order valence-electron chi connectivity index (χ1n) is 3.99. The Morgan fingerprint density at radius 3 is 2.82 bits per heavy atom. The van der Waals surface area contributed by atoms with Crippen LogP contribution in [0.2, 0.25) is 0 Å². The molecule has 1 nitrogen and oxygen atoms in total. The van der Waals surface area contributed by atoms with E-state index in [1.807, 2.05) is 6.26 Å². The highest BCUT2D eigenvalue weighted by Gasteiger charge is 2.24. The quantitative estimate of drug-likeness (QED) is 0.562. The summed E-state index contributed by atoms with van der Waals surface area (Å²) in [7, 11) is 1.72. The van der Waals surface area contributed by atoms with Gasteiger partial charge in [-0.1, -0.05) is 13.8 Å². The number of allylic oxidation sites excluding steroid dienone is 1. The van der Waals surface area contributed by atoms with Gasteiger partial charge >= 0.3 is 0 Å². The van der Waals surface area contributed by atoms with Gasteiger partial charge in [0.05, 0.1) is 13.4 Å². The van der Waals surface area contributed by atoms with Crippen LogP contribution in [0.25, 0.3) is 0 Å². The molecule has 0 atom stereocenters. The smallest absolute Gasteiger partial charge is 0.0817 e. The standard InChI is InChI=1S/C9H16OS/c1-9(2)6-8(7-10-3)4-5-11-9/h7H,4-6H2,1-3H3/b8-7-. The van der Waals surface area contributed by atoms with Crippen molar-refractivity contribution in [2.45, 2.75) is 31.4 Å². The summed E-state index contributed by atoms with van der Waals surface area (Å²) in [5.74, 6) is 1.24. The molecule has 0 unspecified atom stereocenters. The zero-order valence-corrected chi connectivity index (χ0v) is 8.33. The van der Waals surface area contributed by atoms with Crippen molar-refractivity contribution in [1.82, 2.24) is 0 Å². The van der Waals surface area contributed by atoms with E-state index in [-0.39, 0.29) is 0 Å². The molecule has 1 fully saturated rings. The minimum absolute atomic E-state index is 0.419. The minimum Gasteiger partial charge on any atom is -0.504 e. The second kappa shape index (κ2) is 3.53. The Morgan fingerprint density at radius 2 is 2.27 bits per heavy atom. The van der Waals surface area contributed by atoms with Crippen molar-refractivity contribution >= 4 is 11.8 Å². The molecule has 0 radical (unpaired) electrons. The largest absolute Gasteiger partial charge is 0.504 e. The molecule has 0 spiro atoms. The van der Waals surface area contributed by atoms with Gasteiger partial charge in [0, 0.05) is 4.75 Å². The average Bonchev–Trinajstić information content (AvgIpc) is 1.85. The van der Waals surface area contributed by atoms with Crippen molar-refractivity contribution in [3.63, 3.8) is 0 Å². The summed E-state index contributed by atoms with van der Waals surface area (Å²) >= 11 is 2.05. The van der Waals surface area contributed by atoms with Gasteiger partial charge < -0.3 is 4.74 Å². The zero-order valence-electron chi connectivity index (χ0n) is 7.52. The number of hydrogen-bond acceptors (Lipinski definition) is 2. The van der Waals surface area contributed by atoms with Crippen LogP contribution in [0, 0.1) is 0 Å². The first-order chi connectivity index (χ1) is 5.14. The van der Waals surface area contributed by atoms with E-state index >= 15 is 0 Å². The molecule has 0 amide bonds. The van der Waals surface area contributed by atoms with E-state index in [1.165, 1.54) is 24.2 Å². The van der Waals surface area contributed by atoms with Crippen molar-refractivity contribution < 1.29 is 4.74 Å². The van der Waals surface area contributed by atoms with Gasteiger partial charge in [-0.05, 0) is 24.2 Å². The van der Waals surface area contributed by atoms with Crippen LogP contribution in [0.4, 0.5) is 0 Å². The highest BCUT2D eigenvalue weighted by Crippen LogP contribution is 2.37. The number of rotatable bonds is 1. The molecule has 1 aliphatic heterocycles. The maximum atomic E-state index is 5.00. The van der Waals surface area contributed by atoms with Crippen molar-refractivity contribution in [2.75, 3.05) is 12.9 Å². The third-order valence-electron chi connectivity index (χ3n) is 1.85. The molecule has 64 valence electrons. The Kier molecular flexibility index (Phi) is 2.88. The molecule has 1 rings (SSSR count). The van der Waals surface area contributed by atoms with Crippen LogP contribution < -0.4 is 0 Å². The van der Waals surface area contributed by atoms with Gasteiger partial charge in [-0.3, -0.25) is 0 Å². The molecule has 0 aromatic heterocycles. The van der Waals surface area contributed by atoms with Gasteiger partial charge in [-0.25, -0.2) is 0 Å². The van der Waals surface area contributed by atoms with Crippen LogP contribution in [0.15, 0.2) is 11.8 Å². The average molecular weight is 172 g/mol. The number of thioether (sulfide) groups is 1. The molecule has 0 aliphatic carbocycles. The normalized spacial score (nSPS) is 27.0. The second-order valence-corrected chi connectivity index (χ2v) is 5.35. The molecule has 1 heterocycles. The molecule has 11 heavy (non-hydrogen) atoms. The van der Waals surface area contributed by atoms with Crippen LogP contribution in [0.1, 0.15) is 26.7 Å². The van der Waals surface area contributed by atoms with Crippen molar-refractivity contribution in [3.05, 3.63) is 11.8 Å². The fraction of sp³-hybridized carbons (Fsp3) is 0.778. The molecule has 1 saturated heterocycles. The summed E-state index contributed by atoms with van der Waals surface area (Å²) in [6.45, 7) is 4.58. The van der Waals surface area contributed by atoms with Gasteiger partial charge in [-0.2, -0.15) is 11.8 Å². The lowest BCUT2D eigenvalue weighted by atomic mass is 10.0. The molecule has 0 bridgehead atoms. The van der Waals surface area contributed by atoms with E-state index in [0.717, 1.165) is 0 Å². The molecule has 0 aromatic rings. The number of ether oxygens (including phenoxy) is 1. The predicted octanol–water partition coefficient (Wildman–Crippen LogP) is 2.82. The van der Waals surface area contributed by atoms with Gasteiger partial charge in [0.25, 0.3) is 0 Å². The van der Waals surface area contributed by atoms with E-state index in [9.17, 15) is 0 Å². The summed E-state index contributed by atoms with van der Waals surface area (Å²) in [6, 6.07) is 0. The van der Waals surface area contributed by atoms with Crippen LogP contribution in [0.5, 0.6) is 0 Å². The fourth-order valence-corrected chi connectivity index (χ4v) is 2.62. The van der Waals surface area contributed by atoms with Crippen molar-refractivity contribution in [3.8, 4) is 0 Å². The lowest BCUT2D eigenvalue weighted by molar-refractivity contribution is 0.330. The first kappa shape index (κ1) is 8.98. The highest BCUT2D eigenvalue weighted by molar-refractivity contribution is 8.00. The maximum Gasteiger partial charge on any atom is 0.0817 e. The van der Waals surface area contributed by atoms with Gasteiger partial charge in [0.15, 0.2) is 0 Å². The Balaban J connectivity index is 2.53. The fourth-order valence-electron chi connectivity index (χ4n) is 1.41. The van der Waals surface area contributed by atoms with E-state index in [2.05, 4.69) is 25.6 Å². The molecule has 0 saturated carbocycles. The summed E-state index contributed by atoms with van der Waals surface area (Å²) in [5, 5.41) is 0. The van der Waals surface area contributed by atoms with Crippen molar-refractivity contribution in [2.24, 2.45) is 0 Å². The van der Waals surface area contributed by atoms with Gasteiger partial charge in [-0.15, -0.1) is 0 Å². The summed E-state index contributed by atoms with van der Waals surface area (Å²) in [4.78, 5) is 0. The van der Waals surface area contributed by atoms with Crippen LogP contribution in [-0.2, 0) is 4.74 Å². The summed E-state index contributed by atoms with van der Waals surface area (Å²) < 4.78 is 5.42. The second-order valence-electron chi connectivity index (χ2n) is 3.55. The summed E-state index contributed by atoms with van der Waals surface area (Å²) in [5.41, 5.74) is 1.45. The first-order valence-corrected chi connectivity index (χ1v) is 4.97. The van der Waals surface area contributed by atoms with Crippen molar-refractivity contribution in [1.29, 1.82) is 0 Å². The topological polar surface area (TPSA) is 9.23 Å². The monoisotopic (exact) mass is 172 g/mol. The van der Waals surface area contributed by atoms with Crippen LogP contribution >= 0.6 is 11.8 Å². The summed E-state index contributed by atoms with van der Waals surface area (Å²) in [6.07, 6.45) is 4.27. The van der Waals surface area contributed by atoms with E-state index in [4.69, 9.17) is 4.74 Å². The molecule has 0 N–H and O–H groups in total. The Bertz CT molecular complexity index is 161. The number of hydrogen-bond donors (Lipinski definition) is 0. The Morgan fingerprint density at radius 1 is 1.55 bits per heavy atom. The highest BCUT2D eigenvalue weighted by atomic mass is 32.2. The maximum absolute atomic E-state index is 5.00. The molecule has 1 aliphatic rings. The Hall–Kier alpha value is -0.110. The third-order valence-corrected chi connectivity index (χ3v) is 3.19. The lowest BCUT2D eigenvalue weighted by Gasteiger charge is -2.30. The molecular weight excluding hydrogens is 156 g/mol. The lowest BCUT2D eigenvalue weighted by Crippen LogP contribution is -2.21. The van der Waals surface area contributed by atoms with E-state index < -0.39 is 0 Å². The Labute approximate surface area is 73.2 Å². The zero-order chi connectivity index (χ0) is 8.32. The van der Waals surface area contributed by atoms with Crippen LogP contribution in [-0.4, -0.2) is 17.6 Å². The minimum atomic E-state index is 0.419. The molecule has 0 aromatic carbocycles. The predicted molar refractivity (Wildman–Crippen MR) is 50.9 cm³/mol.